The van der Waals surface area contributed by atoms with E-state index in [9.17, 15) is 0 Å². The Hall–Kier alpha value is -1.99. The van der Waals surface area contributed by atoms with Gasteiger partial charge in [0.25, 0.3) is 0 Å². The molecule has 0 spiro atoms. The van der Waals surface area contributed by atoms with Crippen LogP contribution in [0.4, 0.5) is 0 Å². The van der Waals surface area contributed by atoms with E-state index in [1.807, 2.05) is 34.2 Å². The lowest BCUT2D eigenvalue weighted by Gasteiger charge is -2.15. The topological polar surface area (TPSA) is 55.5 Å². The molecule has 150 valence electrons. The molecule has 1 aliphatic heterocycles. The van der Waals surface area contributed by atoms with Gasteiger partial charge in [0.15, 0.2) is 5.65 Å². The number of aromatic nitrogens is 4. The van der Waals surface area contributed by atoms with Crippen molar-refractivity contribution in [2.24, 2.45) is 5.92 Å². The van der Waals surface area contributed by atoms with Gasteiger partial charge in [-0.1, -0.05) is 20.8 Å². The van der Waals surface area contributed by atoms with Gasteiger partial charge in [0.2, 0.25) is 5.88 Å². The Kier molecular flexibility index (Phi) is 5.14. The summed E-state index contributed by atoms with van der Waals surface area (Å²) in [7, 11) is 0. The van der Waals surface area contributed by atoms with E-state index in [0.29, 0.717) is 18.4 Å². The molecule has 1 unspecified atom stereocenters. The second kappa shape index (κ2) is 7.44. The third-order valence-corrected chi connectivity index (χ3v) is 6.33. The summed E-state index contributed by atoms with van der Waals surface area (Å²) in [5.41, 5.74) is 3.09. The van der Waals surface area contributed by atoms with Gasteiger partial charge in [0, 0.05) is 35.4 Å². The summed E-state index contributed by atoms with van der Waals surface area (Å²) in [5, 5.41) is 5.74. The molecule has 1 aliphatic rings. The van der Waals surface area contributed by atoms with Crippen LogP contribution in [0.15, 0.2) is 18.3 Å². The number of hydrogen-bond acceptors (Lipinski definition) is 6. The van der Waals surface area contributed by atoms with Crippen molar-refractivity contribution in [3.05, 3.63) is 39.6 Å². The number of fused-ring (bicyclic) bond motifs is 1. The van der Waals surface area contributed by atoms with Gasteiger partial charge in [0.05, 0.1) is 29.2 Å². The predicted octanol–water partition coefficient (Wildman–Crippen LogP) is 4.00. The zero-order valence-corrected chi connectivity index (χ0v) is 18.2. The van der Waals surface area contributed by atoms with Crippen molar-refractivity contribution in [3.63, 3.8) is 0 Å². The summed E-state index contributed by atoms with van der Waals surface area (Å²) < 4.78 is 7.85. The number of aryl methyl sites for hydroxylation is 2. The van der Waals surface area contributed by atoms with Crippen LogP contribution in [0.3, 0.4) is 0 Å². The van der Waals surface area contributed by atoms with Crippen LogP contribution in [0.5, 0.6) is 5.88 Å². The second-order valence-corrected chi connectivity index (χ2v) is 10.1. The van der Waals surface area contributed by atoms with E-state index in [4.69, 9.17) is 4.74 Å². The van der Waals surface area contributed by atoms with Crippen LogP contribution in [-0.2, 0) is 12.0 Å². The smallest absolute Gasteiger partial charge is 0.231 e. The van der Waals surface area contributed by atoms with Gasteiger partial charge in [-0.05, 0) is 32.9 Å². The van der Waals surface area contributed by atoms with Crippen molar-refractivity contribution < 1.29 is 4.74 Å². The maximum atomic E-state index is 6.02. The predicted molar refractivity (Wildman–Crippen MR) is 112 cm³/mol. The molecule has 3 aromatic heterocycles. The van der Waals surface area contributed by atoms with E-state index >= 15 is 0 Å². The van der Waals surface area contributed by atoms with Crippen molar-refractivity contribution in [2.75, 3.05) is 19.7 Å². The summed E-state index contributed by atoms with van der Waals surface area (Å²) in [6, 6.07) is 3.90. The molecule has 0 aliphatic carbocycles. The molecule has 0 aromatic carbocycles. The number of imidazole rings is 1. The van der Waals surface area contributed by atoms with Crippen molar-refractivity contribution in [2.45, 2.75) is 53.0 Å². The number of nitrogens with zero attached hydrogens (tertiary/aromatic N) is 5. The van der Waals surface area contributed by atoms with Crippen LogP contribution in [0.25, 0.3) is 5.65 Å². The second-order valence-electron chi connectivity index (χ2n) is 8.79. The van der Waals surface area contributed by atoms with Crippen LogP contribution in [0, 0.1) is 19.8 Å². The molecule has 4 rings (SSSR count). The van der Waals surface area contributed by atoms with Gasteiger partial charge in [-0.3, -0.25) is 4.90 Å². The number of rotatable bonds is 5. The molecular formula is C21H29N5OS. The maximum absolute atomic E-state index is 6.02. The first-order valence-electron chi connectivity index (χ1n) is 9.93. The highest BCUT2D eigenvalue weighted by Gasteiger charge is 2.24. The van der Waals surface area contributed by atoms with Crippen LogP contribution in [0.2, 0.25) is 0 Å². The van der Waals surface area contributed by atoms with Gasteiger partial charge in [-0.15, -0.1) is 16.4 Å². The monoisotopic (exact) mass is 399 g/mol. The number of ether oxygens (including phenoxy) is 1. The highest BCUT2D eigenvalue weighted by molar-refractivity contribution is 7.11. The minimum absolute atomic E-state index is 0.0109. The van der Waals surface area contributed by atoms with Crippen LogP contribution >= 0.6 is 11.3 Å². The van der Waals surface area contributed by atoms with Gasteiger partial charge < -0.3 is 4.74 Å². The van der Waals surface area contributed by atoms with E-state index in [0.717, 1.165) is 36.0 Å². The summed E-state index contributed by atoms with van der Waals surface area (Å²) >= 11 is 1.81. The van der Waals surface area contributed by atoms with E-state index in [1.54, 1.807) is 0 Å². The molecule has 6 nitrogen and oxygen atoms in total. The standard InChI is InChI=1S/C21H29N5OS/c1-14-17(28-15(2)22-14)11-25-9-8-16(10-25)13-27-20-7-6-19-23-18(21(3,4)5)12-26(19)24-20/h6-7,12,16H,8-11,13H2,1-5H3. The minimum Gasteiger partial charge on any atom is -0.476 e. The Balaban J connectivity index is 1.34. The van der Waals surface area contributed by atoms with E-state index in [2.05, 4.69) is 54.6 Å². The molecule has 1 atom stereocenters. The number of hydrogen-bond donors (Lipinski definition) is 0. The Bertz CT molecular complexity index is 971. The maximum Gasteiger partial charge on any atom is 0.231 e. The van der Waals surface area contributed by atoms with Gasteiger partial charge >= 0.3 is 0 Å². The van der Waals surface area contributed by atoms with Gasteiger partial charge in [0.1, 0.15) is 0 Å². The highest BCUT2D eigenvalue weighted by atomic mass is 32.1. The van der Waals surface area contributed by atoms with E-state index in [-0.39, 0.29) is 5.41 Å². The molecule has 0 bridgehead atoms. The fourth-order valence-corrected chi connectivity index (χ4v) is 4.60. The third kappa shape index (κ3) is 4.20. The number of thiazole rings is 1. The fourth-order valence-electron chi connectivity index (χ4n) is 3.62. The molecule has 0 saturated carbocycles. The van der Waals surface area contributed by atoms with Crippen LogP contribution < -0.4 is 4.74 Å². The molecule has 0 N–H and O–H groups in total. The average molecular weight is 400 g/mol. The lowest BCUT2D eigenvalue weighted by atomic mass is 9.93. The van der Waals surface area contributed by atoms with E-state index < -0.39 is 0 Å². The van der Waals surface area contributed by atoms with Crippen molar-refractivity contribution >= 4 is 17.0 Å². The largest absolute Gasteiger partial charge is 0.476 e. The first kappa shape index (κ1) is 19.3. The first-order valence-corrected chi connectivity index (χ1v) is 10.7. The Labute approximate surface area is 170 Å². The van der Waals surface area contributed by atoms with Crippen LogP contribution in [-0.4, -0.2) is 44.2 Å². The summed E-state index contributed by atoms with van der Waals surface area (Å²) in [4.78, 5) is 13.1. The van der Waals surface area contributed by atoms with E-state index in [1.165, 1.54) is 17.0 Å². The quantitative estimate of drug-likeness (QED) is 0.649. The molecule has 1 saturated heterocycles. The van der Waals surface area contributed by atoms with Gasteiger partial charge in [-0.2, -0.15) is 0 Å². The first-order chi connectivity index (χ1) is 13.3. The lowest BCUT2D eigenvalue weighted by molar-refractivity contribution is 0.230. The van der Waals surface area contributed by atoms with Crippen LogP contribution in [0.1, 0.15) is 48.5 Å². The molecular weight excluding hydrogens is 370 g/mol. The zero-order valence-electron chi connectivity index (χ0n) is 17.4. The van der Waals surface area contributed by atoms with Crippen molar-refractivity contribution in [1.82, 2.24) is 24.5 Å². The molecule has 28 heavy (non-hydrogen) atoms. The molecule has 7 heteroatoms. The lowest BCUT2D eigenvalue weighted by Crippen LogP contribution is -2.22. The SMILES string of the molecule is Cc1nc(C)c(CN2CCC(COc3ccc4nc(C(C)(C)C)cn4n3)C2)s1. The van der Waals surface area contributed by atoms with Gasteiger partial charge in [-0.25, -0.2) is 14.5 Å². The molecule has 1 fully saturated rings. The molecule has 3 aromatic rings. The van der Waals surface area contributed by atoms with Crippen molar-refractivity contribution in [3.8, 4) is 5.88 Å². The zero-order chi connectivity index (χ0) is 19.9. The highest BCUT2D eigenvalue weighted by Crippen LogP contribution is 2.25. The molecule has 0 amide bonds. The Morgan fingerprint density at radius 3 is 2.75 bits per heavy atom. The Morgan fingerprint density at radius 2 is 2.04 bits per heavy atom. The van der Waals surface area contributed by atoms with Crippen molar-refractivity contribution in [1.29, 1.82) is 0 Å². The Morgan fingerprint density at radius 1 is 1.21 bits per heavy atom. The minimum atomic E-state index is 0.0109. The number of likely N-dealkylation sites (tertiary alicyclic amines) is 1. The fraction of sp³-hybridized carbons (Fsp3) is 0.571. The molecule has 4 heterocycles. The average Bonchev–Trinajstić information content (AvgIpc) is 3.31. The normalized spacial score (nSPS) is 18.2. The molecule has 0 radical (unpaired) electrons. The summed E-state index contributed by atoms with van der Waals surface area (Å²) in [6.07, 6.45) is 3.16. The summed E-state index contributed by atoms with van der Waals surface area (Å²) in [6.45, 7) is 14.6. The summed E-state index contributed by atoms with van der Waals surface area (Å²) in [5.74, 6) is 1.21. The third-order valence-electron chi connectivity index (χ3n) is 5.27.